The predicted octanol–water partition coefficient (Wildman–Crippen LogP) is 4.85. The van der Waals surface area contributed by atoms with Crippen molar-refractivity contribution in [2.75, 3.05) is 24.8 Å². The number of methoxy groups -OCH3 is 1. The van der Waals surface area contributed by atoms with E-state index in [1.54, 1.807) is 60.7 Å². The fourth-order valence-electron chi connectivity index (χ4n) is 3.20. The Morgan fingerprint density at radius 3 is 1.61 bits per heavy atom. The lowest BCUT2D eigenvalue weighted by Gasteiger charge is -2.11. The minimum atomic E-state index is -0.562. The molecule has 192 valence electrons. The Kier molecular flexibility index (Phi) is 8.09. The van der Waals surface area contributed by atoms with Crippen molar-refractivity contribution in [3.63, 3.8) is 0 Å². The molecule has 0 saturated carbocycles. The molecule has 0 bridgehead atoms. The van der Waals surface area contributed by atoms with E-state index < -0.39 is 12.0 Å². The fraction of sp³-hybridized carbons (Fsp3) is 0.0741. The topological polar surface area (TPSA) is 141 Å². The Morgan fingerprint density at radius 1 is 0.658 bits per heavy atom. The van der Waals surface area contributed by atoms with Gasteiger partial charge in [-0.2, -0.15) is 0 Å². The maximum atomic E-state index is 12.4. The molecule has 0 aliphatic heterocycles. The second-order valence-corrected chi connectivity index (χ2v) is 7.66. The maximum Gasteiger partial charge on any atom is 0.356 e. The van der Waals surface area contributed by atoms with E-state index >= 15 is 0 Å². The van der Waals surface area contributed by atoms with Gasteiger partial charge in [-0.25, -0.2) is 14.6 Å². The maximum absolute atomic E-state index is 12.4. The number of carbonyl (C=O) groups excluding carboxylic acids is 3. The van der Waals surface area contributed by atoms with Gasteiger partial charge in [-0.15, -0.1) is 0 Å². The van der Waals surface area contributed by atoms with Crippen molar-refractivity contribution in [1.82, 2.24) is 15.3 Å². The second-order valence-electron chi connectivity index (χ2n) is 7.66. The van der Waals surface area contributed by atoms with Gasteiger partial charge in [0.25, 0.3) is 5.91 Å². The summed E-state index contributed by atoms with van der Waals surface area (Å²) in [5, 5.41) is 7.99. The van der Waals surface area contributed by atoms with E-state index in [1.807, 2.05) is 0 Å². The van der Waals surface area contributed by atoms with Crippen LogP contribution in [0.1, 0.15) is 21.0 Å². The molecular weight excluding hydrogens is 490 g/mol. The van der Waals surface area contributed by atoms with E-state index in [-0.39, 0.29) is 17.3 Å². The van der Waals surface area contributed by atoms with E-state index in [9.17, 15) is 14.4 Å². The van der Waals surface area contributed by atoms with Crippen molar-refractivity contribution >= 4 is 29.3 Å². The van der Waals surface area contributed by atoms with E-state index in [0.717, 1.165) is 0 Å². The van der Waals surface area contributed by atoms with Crippen LogP contribution >= 0.6 is 0 Å². The largest absolute Gasteiger partial charge is 0.464 e. The van der Waals surface area contributed by atoms with Gasteiger partial charge in [0.1, 0.15) is 28.7 Å². The number of esters is 1. The third-order valence-corrected chi connectivity index (χ3v) is 5.01. The van der Waals surface area contributed by atoms with Crippen molar-refractivity contribution in [3.8, 4) is 23.0 Å². The summed E-state index contributed by atoms with van der Waals surface area (Å²) >= 11 is 0. The molecule has 11 nitrogen and oxygen atoms in total. The van der Waals surface area contributed by atoms with Crippen LogP contribution < -0.4 is 25.4 Å². The van der Waals surface area contributed by atoms with Crippen LogP contribution in [0, 0.1) is 0 Å². The molecule has 0 aliphatic carbocycles. The zero-order chi connectivity index (χ0) is 26.9. The first kappa shape index (κ1) is 25.6. The molecule has 0 saturated heterocycles. The Bertz CT molecular complexity index is 1330. The molecular formula is C27H23N5O6. The third-order valence-electron chi connectivity index (χ3n) is 5.01. The monoisotopic (exact) mass is 513 g/mol. The second kappa shape index (κ2) is 12.0. The Balaban J connectivity index is 1.30. The average Bonchev–Trinajstić information content (AvgIpc) is 2.94. The third kappa shape index (κ3) is 6.82. The van der Waals surface area contributed by atoms with Gasteiger partial charge in [-0.3, -0.25) is 9.78 Å². The van der Waals surface area contributed by atoms with Crippen LogP contribution in [0.15, 0.2) is 85.2 Å². The van der Waals surface area contributed by atoms with Crippen LogP contribution in [0.2, 0.25) is 0 Å². The number of carbonyl (C=O) groups is 3. The summed E-state index contributed by atoms with van der Waals surface area (Å²) < 4.78 is 16.2. The molecule has 4 rings (SSSR count). The average molecular weight is 514 g/mol. The molecule has 0 radical (unpaired) electrons. The molecule has 2 heterocycles. The molecule has 2 aromatic heterocycles. The molecule has 38 heavy (non-hydrogen) atoms. The first-order valence-electron chi connectivity index (χ1n) is 11.3. The minimum absolute atomic E-state index is 0.132. The zero-order valence-corrected chi connectivity index (χ0v) is 20.4. The summed E-state index contributed by atoms with van der Waals surface area (Å²) in [6, 6.07) is 19.3. The first-order valence-corrected chi connectivity index (χ1v) is 11.3. The van der Waals surface area contributed by atoms with Crippen molar-refractivity contribution in [2.45, 2.75) is 0 Å². The molecule has 4 aromatic rings. The molecule has 0 atom stereocenters. The highest BCUT2D eigenvalue weighted by Gasteiger charge is 2.10. The number of nitrogens with one attached hydrogen (secondary N) is 3. The van der Waals surface area contributed by atoms with Crippen molar-refractivity contribution in [2.24, 2.45) is 0 Å². The van der Waals surface area contributed by atoms with Crippen LogP contribution in [0.3, 0.4) is 0 Å². The molecule has 2 aromatic carbocycles. The van der Waals surface area contributed by atoms with Crippen molar-refractivity contribution in [3.05, 3.63) is 96.6 Å². The standard InChI is InChI=1S/C27H23N5O6/c1-28-25(33)23-15-21(11-13-29-23)37-19-7-3-17(4-8-19)31-27(35)32-18-5-9-20(10-6-18)38-22-12-14-30-24(16-22)26(34)36-2/h3-16H,1-2H3,(H,28,33)(H2,31,32,35). The molecule has 3 amide bonds. The quantitative estimate of drug-likeness (QED) is 0.284. The summed E-state index contributed by atoms with van der Waals surface area (Å²) in [6.45, 7) is 0. The minimum Gasteiger partial charge on any atom is -0.464 e. The highest BCUT2D eigenvalue weighted by molar-refractivity contribution is 5.99. The fourth-order valence-corrected chi connectivity index (χ4v) is 3.20. The molecule has 0 aliphatic rings. The van der Waals surface area contributed by atoms with Gasteiger partial charge in [-0.05, 0) is 60.7 Å². The van der Waals surface area contributed by atoms with Gasteiger partial charge in [0.05, 0.1) is 7.11 Å². The Labute approximate surface area is 217 Å². The van der Waals surface area contributed by atoms with Gasteiger partial charge >= 0.3 is 12.0 Å². The van der Waals surface area contributed by atoms with Crippen LogP contribution in [-0.2, 0) is 4.74 Å². The number of anilines is 2. The first-order chi connectivity index (χ1) is 18.4. The summed E-state index contributed by atoms with van der Waals surface area (Å²) in [4.78, 5) is 43.7. The molecule has 0 unspecified atom stereocenters. The highest BCUT2D eigenvalue weighted by atomic mass is 16.5. The van der Waals surface area contributed by atoms with Gasteiger partial charge in [0, 0.05) is 42.9 Å². The molecule has 0 fully saturated rings. The molecule has 11 heteroatoms. The van der Waals surface area contributed by atoms with Crippen LogP contribution in [0.25, 0.3) is 0 Å². The van der Waals surface area contributed by atoms with Gasteiger partial charge in [0.15, 0.2) is 5.69 Å². The number of nitrogens with zero attached hydrogens (tertiary/aromatic N) is 2. The summed E-state index contributed by atoms with van der Waals surface area (Å²) in [5.74, 6) is 1.03. The normalized spacial score (nSPS) is 10.2. The van der Waals surface area contributed by atoms with E-state index in [2.05, 4.69) is 30.7 Å². The Morgan fingerprint density at radius 2 is 1.13 bits per heavy atom. The highest BCUT2D eigenvalue weighted by Crippen LogP contribution is 2.25. The number of rotatable bonds is 8. The number of aromatic nitrogens is 2. The number of pyridine rings is 2. The van der Waals surface area contributed by atoms with Crippen LogP contribution in [-0.4, -0.2) is 42.0 Å². The number of ether oxygens (including phenoxy) is 3. The SMILES string of the molecule is CNC(=O)c1cc(Oc2ccc(NC(=O)Nc3ccc(Oc4ccnc(C(=O)OC)c4)cc3)cc2)ccn1. The van der Waals surface area contributed by atoms with Crippen molar-refractivity contribution in [1.29, 1.82) is 0 Å². The smallest absolute Gasteiger partial charge is 0.356 e. The lowest BCUT2D eigenvalue weighted by molar-refractivity contribution is 0.0593. The zero-order valence-electron chi connectivity index (χ0n) is 20.4. The van der Waals surface area contributed by atoms with Crippen LogP contribution in [0.5, 0.6) is 23.0 Å². The van der Waals surface area contributed by atoms with E-state index in [1.165, 1.54) is 38.7 Å². The lowest BCUT2D eigenvalue weighted by atomic mass is 10.3. The Hall–Kier alpha value is -5.45. The predicted molar refractivity (Wildman–Crippen MR) is 139 cm³/mol. The number of hydrogen-bond donors (Lipinski definition) is 3. The number of amides is 3. The summed E-state index contributed by atoms with van der Waals surface area (Å²) in [6.07, 6.45) is 2.93. The van der Waals surface area contributed by atoms with Crippen molar-refractivity contribution < 1.29 is 28.6 Å². The van der Waals surface area contributed by atoms with E-state index in [0.29, 0.717) is 34.4 Å². The number of benzene rings is 2. The summed E-state index contributed by atoms with van der Waals surface area (Å²) in [5.41, 5.74) is 1.47. The van der Waals surface area contributed by atoms with E-state index in [4.69, 9.17) is 9.47 Å². The van der Waals surface area contributed by atoms with Gasteiger partial charge in [0.2, 0.25) is 0 Å². The number of hydrogen-bond acceptors (Lipinski definition) is 8. The van der Waals surface area contributed by atoms with Crippen LogP contribution in [0.4, 0.5) is 16.2 Å². The van der Waals surface area contributed by atoms with Gasteiger partial charge < -0.3 is 30.2 Å². The molecule has 0 spiro atoms. The molecule has 3 N–H and O–H groups in total. The number of urea groups is 1. The summed E-state index contributed by atoms with van der Waals surface area (Å²) in [7, 11) is 2.80. The van der Waals surface area contributed by atoms with Gasteiger partial charge in [-0.1, -0.05) is 0 Å². The lowest BCUT2D eigenvalue weighted by Crippen LogP contribution is -2.19.